The highest BCUT2D eigenvalue weighted by Crippen LogP contribution is 2.47. The molecule has 0 spiro atoms. The largest absolute Gasteiger partial charge is 0.497 e. The SMILES string of the molecule is CCCCC1(CCCC)CN(c2ccccc2)c2cc(SC)c(O/C(C)=C/C(=O)O)cc2S(=O)N1Cc1ccc(OC)cc1. The highest BCUT2D eigenvalue weighted by Gasteiger charge is 2.45. The van der Waals surface area contributed by atoms with Crippen LogP contribution in [0, 0.1) is 0 Å². The molecule has 1 aliphatic rings. The van der Waals surface area contributed by atoms with E-state index in [2.05, 4.69) is 41.3 Å². The van der Waals surface area contributed by atoms with E-state index in [0.29, 0.717) is 23.7 Å². The standard InChI is InChI=1S/C35H44N2O5S2/c1-6-8-19-35(20-9-7-2)25-36(28-13-11-10-12-14-28)30-22-32(43-5)31(42-26(3)21-34(38)39)23-33(30)44(40)37(35)24-27-15-17-29(41-4)18-16-27/h10-18,21-23H,6-9,19-20,24-25H2,1-5H3,(H,38,39)/b26-21+. The number of aliphatic carboxylic acids is 1. The molecule has 0 saturated heterocycles. The maximum atomic E-state index is 15.1. The summed E-state index contributed by atoms with van der Waals surface area (Å²) in [5.74, 6) is 0.448. The van der Waals surface area contributed by atoms with Crippen molar-refractivity contribution in [3.63, 3.8) is 0 Å². The zero-order valence-corrected chi connectivity index (χ0v) is 28.0. The van der Waals surface area contributed by atoms with Gasteiger partial charge in [-0.25, -0.2) is 13.3 Å². The lowest BCUT2D eigenvalue weighted by Crippen LogP contribution is -2.54. The van der Waals surface area contributed by atoms with Crippen molar-refractivity contribution in [2.45, 2.75) is 81.2 Å². The molecular formula is C35H44N2O5S2. The molecule has 3 aromatic carbocycles. The predicted octanol–water partition coefficient (Wildman–Crippen LogP) is 8.58. The Bertz CT molecular complexity index is 1450. The number of fused-ring (bicyclic) bond motifs is 1. The molecule has 9 heteroatoms. The van der Waals surface area contributed by atoms with Crippen LogP contribution in [-0.2, 0) is 22.3 Å². The van der Waals surface area contributed by atoms with Crippen molar-refractivity contribution in [1.29, 1.82) is 0 Å². The number of methoxy groups -OCH3 is 1. The molecule has 1 heterocycles. The molecule has 3 aromatic rings. The van der Waals surface area contributed by atoms with E-state index >= 15 is 4.21 Å². The van der Waals surface area contributed by atoms with Gasteiger partial charge in [-0.3, -0.25) is 0 Å². The van der Waals surface area contributed by atoms with Gasteiger partial charge in [-0.2, -0.15) is 0 Å². The van der Waals surface area contributed by atoms with E-state index in [-0.39, 0.29) is 11.3 Å². The zero-order valence-electron chi connectivity index (χ0n) is 26.4. The Morgan fingerprint density at radius 2 is 1.70 bits per heavy atom. The van der Waals surface area contributed by atoms with Gasteiger partial charge in [0.25, 0.3) is 0 Å². The minimum Gasteiger partial charge on any atom is -0.497 e. The number of hydrogen-bond acceptors (Lipinski definition) is 6. The lowest BCUT2D eigenvalue weighted by atomic mass is 9.85. The first-order chi connectivity index (χ1) is 21.2. The van der Waals surface area contributed by atoms with Crippen molar-refractivity contribution in [2.24, 2.45) is 0 Å². The summed E-state index contributed by atoms with van der Waals surface area (Å²) in [5, 5.41) is 9.30. The van der Waals surface area contributed by atoms with Gasteiger partial charge in [0, 0.05) is 24.8 Å². The van der Waals surface area contributed by atoms with Gasteiger partial charge in [0.1, 0.15) is 28.2 Å². The van der Waals surface area contributed by atoms with E-state index in [4.69, 9.17) is 9.47 Å². The molecule has 0 aromatic heterocycles. The normalized spacial score (nSPS) is 16.7. The number of carbonyl (C=O) groups is 1. The van der Waals surface area contributed by atoms with Crippen LogP contribution >= 0.6 is 11.8 Å². The minimum absolute atomic E-state index is 0.252. The number of carboxylic acid groups (broad SMARTS) is 1. The molecule has 1 unspecified atom stereocenters. The van der Waals surface area contributed by atoms with E-state index < -0.39 is 17.0 Å². The van der Waals surface area contributed by atoms with Crippen molar-refractivity contribution < 1.29 is 23.6 Å². The van der Waals surface area contributed by atoms with Crippen LogP contribution in [0.3, 0.4) is 0 Å². The number of hydrogen-bond donors (Lipinski definition) is 1. The van der Waals surface area contributed by atoms with Gasteiger partial charge >= 0.3 is 5.97 Å². The summed E-state index contributed by atoms with van der Waals surface area (Å²) >= 11 is 1.52. The van der Waals surface area contributed by atoms with Crippen LogP contribution in [0.1, 0.15) is 64.9 Å². The minimum atomic E-state index is -1.56. The lowest BCUT2D eigenvalue weighted by Gasteiger charge is -2.44. The van der Waals surface area contributed by atoms with Gasteiger partial charge in [0.15, 0.2) is 0 Å². The van der Waals surface area contributed by atoms with Gasteiger partial charge in [0.05, 0.1) is 34.2 Å². The highest BCUT2D eigenvalue weighted by molar-refractivity contribution is 7.98. The third-order valence-electron chi connectivity index (χ3n) is 8.05. The smallest absolute Gasteiger partial charge is 0.331 e. The Labute approximate surface area is 268 Å². The average molecular weight is 637 g/mol. The van der Waals surface area contributed by atoms with Crippen LogP contribution in [0.15, 0.2) is 88.4 Å². The number of thioether (sulfide) groups is 1. The lowest BCUT2D eigenvalue weighted by molar-refractivity contribution is -0.131. The van der Waals surface area contributed by atoms with Crippen LogP contribution in [0.5, 0.6) is 11.5 Å². The van der Waals surface area contributed by atoms with Crippen molar-refractivity contribution in [3.05, 3.63) is 84.1 Å². The molecule has 0 amide bonds. The fourth-order valence-electron chi connectivity index (χ4n) is 5.76. The topological polar surface area (TPSA) is 79.3 Å². The van der Waals surface area contributed by atoms with Crippen LogP contribution in [0.25, 0.3) is 0 Å². The third-order valence-corrected chi connectivity index (χ3v) is 10.4. The number of allylic oxidation sites excluding steroid dienone is 1. The van der Waals surface area contributed by atoms with E-state index in [0.717, 1.165) is 72.2 Å². The van der Waals surface area contributed by atoms with E-state index in [1.165, 1.54) is 11.8 Å². The maximum Gasteiger partial charge on any atom is 0.331 e. The molecular weight excluding hydrogens is 593 g/mol. The molecule has 1 N–H and O–H groups in total. The molecule has 7 nitrogen and oxygen atoms in total. The molecule has 0 bridgehead atoms. The Hall–Kier alpha value is -3.27. The first-order valence-corrected chi connectivity index (χ1v) is 17.5. The number of benzene rings is 3. The van der Waals surface area contributed by atoms with Gasteiger partial charge in [-0.05, 0) is 61.9 Å². The van der Waals surface area contributed by atoms with E-state index in [1.807, 2.05) is 54.8 Å². The molecule has 0 fully saturated rings. The van der Waals surface area contributed by atoms with Gasteiger partial charge in [-0.1, -0.05) is 69.9 Å². The Morgan fingerprint density at radius 3 is 2.27 bits per heavy atom. The first-order valence-electron chi connectivity index (χ1n) is 15.2. The monoisotopic (exact) mass is 636 g/mol. The average Bonchev–Trinajstić information content (AvgIpc) is 3.12. The van der Waals surface area contributed by atoms with Crippen LogP contribution in [0.4, 0.5) is 11.4 Å². The number of unbranched alkanes of at least 4 members (excludes halogenated alkanes) is 2. The predicted molar refractivity (Wildman–Crippen MR) is 180 cm³/mol. The second kappa shape index (κ2) is 15.6. The number of nitrogens with zero attached hydrogens (tertiary/aromatic N) is 2. The fraction of sp³-hybridized carbons (Fsp3) is 0.400. The third kappa shape index (κ3) is 7.86. The Morgan fingerprint density at radius 1 is 1.05 bits per heavy atom. The zero-order chi connectivity index (χ0) is 31.7. The molecule has 44 heavy (non-hydrogen) atoms. The Kier molecular flexibility index (Phi) is 11.9. The Balaban J connectivity index is 1.96. The number of rotatable bonds is 14. The molecule has 236 valence electrons. The number of anilines is 2. The van der Waals surface area contributed by atoms with Crippen LogP contribution in [-0.4, -0.2) is 45.0 Å². The number of para-hydroxylation sites is 1. The quantitative estimate of drug-likeness (QED) is 0.108. The summed E-state index contributed by atoms with van der Waals surface area (Å²) in [7, 11) is 0.0976. The summed E-state index contributed by atoms with van der Waals surface area (Å²) in [6.45, 7) is 7.22. The van der Waals surface area contributed by atoms with Crippen LogP contribution < -0.4 is 14.4 Å². The number of ether oxygens (including phenoxy) is 2. The summed E-state index contributed by atoms with van der Waals surface area (Å²) in [4.78, 5) is 15.2. The van der Waals surface area contributed by atoms with Crippen LogP contribution in [0.2, 0.25) is 0 Å². The molecule has 0 aliphatic carbocycles. The molecule has 0 radical (unpaired) electrons. The maximum absolute atomic E-state index is 15.1. The van der Waals surface area contributed by atoms with Gasteiger partial charge < -0.3 is 19.5 Å². The summed E-state index contributed by atoms with van der Waals surface area (Å²) in [6.07, 6.45) is 8.93. The van der Waals surface area contributed by atoms with Gasteiger partial charge in [0.2, 0.25) is 0 Å². The molecule has 1 aliphatic heterocycles. The second-order valence-corrected chi connectivity index (χ2v) is 13.4. The van der Waals surface area contributed by atoms with Crippen molar-refractivity contribution in [2.75, 3.05) is 24.8 Å². The fourth-order valence-corrected chi connectivity index (χ4v) is 7.94. The summed E-state index contributed by atoms with van der Waals surface area (Å²) < 4.78 is 28.8. The summed E-state index contributed by atoms with van der Waals surface area (Å²) in [6, 6.07) is 22.2. The second-order valence-electron chi connectivity index (χ2n) is 11.2. The van der Waals surface area contributed by atoms with E-state index in [1.54, 1.807) is 14.0 Å². The van der Waals surface area contributed by atoms with Crippen molar-refractivity contribution >= 4 is 40.1 Å². The van der Waals surface area contributed by atoms with Crippen molar-refractivity contribution in [1.82, 2.24) is 4.31 Å². The molecule has 1 atom stereocenters. The first kappa shape index (κ1) is 33.6. The molecule has 4 rings (SSSR count). The van der Waals surface area contributed by atoms with Crippen molar-refractivity contribution in [3.8, 4) is 11.5 Å². The summed E-state index contributed by atoms with van der Waals surface area (Å²) in [5.41, 5.74) is 2.59. The number of carboxylic acids is 1. The van der Waals surface area contributed by atoms with Gasteiger partial charge in [-0.15, -0.1) is 11.8 Å². The highest BCUT2D eigenvalue weighted by atomic mass is 32.2. The van der Waals surface area contributed by atoms with E-state index in [9.17, 15) is 9.90 Å². The molecule has 0 saturated carbocycles.